The van der Waals surface area contributed by atoms with E-state index in [1.807, 2.05) is 5.32 Å². The molecule has 1 saturated heterocycles. The molecular weight excluding hydrogens is 486 g/mol. The Morgan fingerprint density at radius 2 is 1.74 bits per heavy atom. The molecule has 0 spiro atoms. The molecule has 5 N–H and O–H groups in total. The maximum Gasteiger partial charge on any atom is 0.315 e. The molecule has 0 radical (unpaired) electrons. The van der Waals surface area contributed by atoms with Crippen LogP contribution in [0.15, 0.2) is 0 Å². The first-order valence-electron chi connectivity index (χ1n) is 20.9. The summed E-state index contributed by atoms with van der Waals surface area (Å²) < 4.78 is 139. The van der Waals surface area contributed by atoms with E-state index in [1.165, 1.54) is 20.8 Å². The number of rotatable bonds is 9. The smallest absolute Gasteiger partial charge is 0.315 e. The standard InChI is InChI=1S/C28H47N5O5/c1-26(2,3)13-18(31-25(38)32-27(4,5)6)24(37)33-14-16-19(28(16,7)8)20(33)23(36)30-17(21(34)22(29)35)12-15-10-9-11-15/h15-20H,9-14H2,1-8H3,(H2,29,35)(H,30,36)(H2,31,32,38)/t16-,17?,18-,19-,20-/m0/s1/i1D3,2D3,3D3,7D3,8D3,12D2. The zero-order valence-electron chi connectivity index (χ0n) is 38.6. The minimum absolute atomic E-state index is 0.230. The van der Waals surface area contributed by atoms with E-state index in [4.69, 9.17) is 29.0 Å². The highest BCUT2D eigenvalue weighted by Gasteiger charge is 2.69. The summed E-state index contributed by atoms with van der Waals surface area (Å²) in [6.45, 7) is -14.7. The van der Waals surface area contributed by atoms with Crippen molar-refractivity contribution < 1.29 is 47.3 Å². The average molecular weight is 551 g/mol. The predicted molar refractivity (Wildman–Crippen MR) is 144 cm³/mol. The van der Waals surface area contributed by atoms with Crippen molar-refractivity contribution in [2.24, 2.45) is 34.3 Å². The minimum Gasteiger partial charge on any atom is -0.363 e. The third-order valence-corrected chi connectivity index (χ3v) is 6.96. The third kappa shape index (κ3) is 6.86. The van der Waals surface area contributed by atoms with Crippen LogP contribution in [0.3, 0.4) is 0 Å². The number of Topliss-reactive ketones (excluding diaryl/α,β-unsaturated/α-hetero) is 1. The van der Waals surface area contributed by atoms with E-state index in [2.05, 4.69) is 10.6 Å². The van der Waals surface area contributed by atoms with Crippen molar-refractivity contribution in [1.82, 2.24) is 20.9 Å². The number of carbonyl (C=O) groups is 5. The highest BCUT2D eigenvalue weighted by molar-refractivity contribution is 6.37. The van der Waals surface area contributed by atoms with Gasteiger partial charge in [0.25, 0.3) is 5.91 Å². The number of likely N-dealkylation sites (tertiary alicyclic amines) is 1. The van der Waals surface area contributed by atoms with Crippen molar-refractivity contribution in [1.29, 1.82) is 0 Å². The number of fused-ring (bicyclic) bond motifs is 1. The SMILES string of the molecule is [2H]C([2H])(C1CCC1)C(NC(=O)[C@@H]1[C@@H]2[C@H](CN1C(=O)[C@H](CC(C([2H])([2H])[2H])(C([2H])([2H])[2H])C([2H])([2H])[2H])NC(=O)NC(C)(C)C)C2(C([2H])([2H])[2H])C([2H])([2H])[2H])C(=O)C(N)=O. The molecule has 0 aromatic rings. The topological polar surface area (TPSA) is 151 Å². The van der Waals surface area contributed by atoms with E-state index in [0.29, 0.717) is 11.3 Å². The Hall–Kier alpha value is -2.65. The molecule has 5 amide bonds. The van der Waals surface area contributed by atoms with Gasteiger partial charge >= 0.3 is 6.03 Å². The molecule has 5 atom stereocenters. The van der Waals surface area contributed by atoms with Gasteiger partial charge in [0.05, 0.1) is 6.04 Å². The van der Waals surface area contributed by atoms with Gasteiger partial charge in [0.15, 0.2) is 0 Å². The second-order valence-electron chi connectivity index (χ2n) is 11.4. The van der Waals surface area contributed by atoms with Crippen molar-refractivity contribution >= 4 is 29.5 Å². The summed E-state index contributed by atoms with van der Waals surface area (Å²) in [5, 5.41) is 6.54. The van der Waals surface area contributed by atoms with Crippen LogP contribution >= 0.6 is 0 Å². The van der Waals surface area contributed by atoms with Gasteiger partial charge in [-0.25, -0.2) is 4.79 Å². The maximum absolute atomic E-state index is 14.6. The van der Waals surface area contributed by atoms with Crippen molar-refractivity contribution in [2.45, 2.75) is 111 Å². The fourth-order valence-corrected chi connectivity index (χ4v) is 4.87. The Bertz CT molecular complexity index is 1490. The van der Waals surface area contributed by atoms with Crippen LogP contribution in [0.4, 0.5) is 4.79 Å². The molecular formula is C28H47N5O5. The lowest BCUT2D eigenvalue weighted by molar-refractivity contribution is -0.144. The zero-order chi connectivity index (χ0) is 43.1. The summed E-state index contributed by atoms with van der Waals surface area (Å²) in [6.07, 6.45) is -3.29. The molecule has 10 heteroatoms. The maximum atomic E-state index is 14.6. The van der Waals surface area contributed by atoms with Crippen LogP contribution in [0, 0.1) is 28.6 Å². The number of nitrogens with zero attached hydrogens (tertiary/aromatic N) is 1. The molecule has 3 fully saturated rings. The second kappa shape index (κ2) is 10.5. The number of nitrogens with one attached hydrogen (secondary N) is 3. The lowest BCUT2D eigenvalue weighted by Gasteiger charge is -2.36. The number of primary amides is 1. The van der Waals surface area contributed by atoms with Gasteiger partial charge in [-0.2, -0.15) is 0 Å². The van der Waals surface area contributed by atoms with Crippen LogP contribution in [0.5, 0.6) is 0 Å². The van der Waals surface area contributed by atoms with E-state index < -0.39 is 135 Å². The number of piperidine rings is 1. The van der Waals surface area contributed by atoms with Crippen LogP contribution in [0.2, 0.25) is 0 Å². The molecule has 0 aromatic carbocycles. The first-order chi connectivity index (χ1) is 24.3. The van der Waals surface area contributed by atoms with Crippen LogP contribution < -0.4 is 21.7 Å². The van der Waals surface area contributed by atoms with Crippen molar-refractivity contribution in [3.05, 3.63) is 0 Å². The summed E-state index contributed by atoms with van der Waals surface area (Å²) in [4.78, 5) is 67.8. The van der Waals surface area contributed by atoms with Crippen LogP contribution in [-0.2, 0) is 19.2 Å². The molecule has 3 rings (SSSR count). The second-order valence-corrected chi connectivity index (χ2v) is 11.4. The number of ketones is 1. The highest BCUT2D eigenvalue weighted by Crippen LogP contribution is 2.65. The lowest BCUT2D eigenvalue weighted by Crippen LogP contribution is -2.60. The van der Waals surface area contributed by atoms with Gasteiger partial charge in [-0.05, 0) is 62.1 Å². The summed E-state index contributed by atoms with van der Waals surface area (Å²) in [5.74, 6) is -10.5. The van der Waals surface area contributed by atoms with Crippen LogP contribution in [0.1, 0.15) is 110 Å². The fourth-order valence-electron chi connectivity index (χ4n) is 4.87. The van der Waals surface area contributed by atoms with Gasteiger partial charge in [0.2, 0.25) is 17.6 Å². The minimum atomic E-state index is -3.87. The molecule has 3 aliphatic rings. The molecule has 1 unspecified atom stereocenters. The monoisotopic (exact) mass is 550 g/mol. The Morgan fingerprint density at radius 3 is 2.24 bits per heavy atom. The first-order valence-corrected chi connectivity index (χ1v) is 12.4. The number of nitrogens with two attached hydrogens (primary N) is 1. The Labute approximate surface area is 250 Å². The summed E-state index contributed by atoms with van der Waals surface area (Å²) in [5.41, 5.74) is -2.27. The normalized spacial score (nSPS) is 34.6. The molecule has 10 nitrogen and oxygen atoms in total. The van der Waals surface area contributed by atoms with Gasteiger partial charge in [-0.15, -0.1) is 0 Å². The van der Waals surface area contributed by atoms with Gasteiger partial charge in [0, 0.05) is 35.4 Å². The molecule has 0 bridgehead atoms. The van der Waals surface area contributed by atoms with Crippen LogP contribution in [0.25, 0.3) is 0 Å². The largest absolute Gasteiger partial charge is 0.363 e. The van der Waals surface area contributed by atoms with Crippen molar-refractivity contribution in [3.63, 3.8) is 0 Å². The van der Waals surface area contributed by atoms with E-state index >= 15 is 0 Å². The lowest BCUT2D eigenvalue weighted by atomic mass is 9.80. The predicted octanol–water partition coefficient (Wildman–Crippen LogP) is 2.10. The summed E-state index contributed by atoms with van der Waals surface area (Å²) in [7, 11) is 0. The van der Waals surface area contributed by atoms with Gasteiger partial charge in [-0.3, -0.25) is 19.2 Å². The average Bonchev–Trinajstić information content (AvgIpc) is 3.43. The van der Waals surface area contributed by atoms with Crippen molar-refractivity contribution in [3.8, 4) is 0 Å². The van der Waals surface area contributed by atoms with Crippen molar-refractivity contribution in [2.75, 3.05) is 6.54 Å². The summed E-state index contributed by atoms with van der Waals surface area (Å²) >= 11 is 0. The van der Waals surface area contributed by atoms with Gasteiger partial charge in [-0.1, -0.05) is 53.5 Å². The van der Waals surface area contributed by atoms with Gasteiger partial charge < -0.3 is 26.6 Å². The van der Waals surface area contributed by atoms with Gasteiger partial charge in [0.1, 0.15) is 12.1 Å². The molecule has 1 heterocycles. The van der Waals surface area contributed by atoms with E-state index in [9.17, 15) is 24.0 Å². The number of hydrogen-bond acceptors (Lipinski definition) is 5. The molecule has 0 aromatic heterocycles. The molecule has 38 heavy (non-hydrogen) atoms. The molecule has 2 saturated carbocycles. The molecule has 214 valence electrons. The highest BCUT2D eigenvalue weighted by atomic mass is 16.2. The Kier molecular flexibility index (Phi) is 3.90. The quantitative estimate of drug-likeness (QED) is 0.324. The molecule has 1 aliphatic heterocycles. The molecule has 2 aliphatic carbocycles. The van der Waals surface area contributed by atoms with E-state index in [1.54, 1.807) is 0 Å². The first kappa shape index (κ1) is 14.1. The Morgan fingerprint density at radius 1 is 1.08 bits per heavy atom. The number of carbonyl (C=O) groups excluding carboxylic acids is 5. The Balaban J connectivity index is 2.27. The number of amides is 5. The number of hydrogen-bond donors (Lipinski definition) is 4. The number of urea groups is 1. The third-order valence-electron chi connectivity index (χ3n) is 6.96. The van der Waals surface area contributed by atoms with E-state index in [0.717, 1.165) is 0 Å². The summed E-state index contributed by atoms with van der Waals surface area (Å²) in [6, 6.07) is -8.19. The fraction of sp³-hybridized carbons (Fsp3) is 0.821. The zero-order valence-corrected chi connectivity index (χ0v) is 21.6. The van der Waals surface area contributed by atoms with Crippen LogP contribution in [-0.4, -0.2) is 64.6 Å². The van der Waals surface area contributed by atoms with E-state index in [-0.39, 0.29) is 12.8 Å².